The first kappa shape index (κ1) is 23.0. The maximum Gasteiger partial charge on any atom is 0.229 e. The van der Waals surface area contributed by atoms with Crippen molar-refractivity contribution in [1.29, 1.82) is 0 Å². The molecule has 2 N–H and O–H groups in total. The molecule has 0 spiro atoms. The van der Waals surface area contributed by atoms with Crippen molar-refractivity contribution in [3.8, 4) is 0 Å². The summed E-state index contributed by atoms with van der Waals surface area (Å²) in [6.45, 7) is 0.666. The summed E-state index contributed by atoms with van der Waals surface area (Å²) in [6, 6.07) is 20.8. The maximum absolute atomic E-state index is 11.6. The lowest BCUT2D eigenvalue weighted by molar-refractivity contribution is 0.533. The topological polar surface area (TPSA) is 92.2 Å². The predicted molar refractivity (Wildman–Crippen MR) is 141 cm³/mol. The van der Waals surface area contributed by atoms with E-state index < -0.39 is 10.0 Å². The molecule has 5 rings (SSSR count). The van der Waals surface area contributed by atoms with Crippen molar-refractivity contribution in [3.05, 3.63) is 108 Å². The smallest absolute Gasteiger partial charge is 0.229 e. The zero-order valence-electron chi connectivity index (χ0n) is 18.9. The molecule has 10 heteroatoms. The molecule has 0 radical (unpaired) electrons. The summed E-state index contributed by atoms with van der Waals surface area (Å²) in [7, 11) is -3.36. The predicted octanol–water partition coefficient (Wildman–Crippen LogP) is 3.88. The van der Waals surface area contributed by atoms with Crippen LogP contribution in [0.2, 0.25) is 0 Å². The second kappa shape index (κ2) is 9.47. The molecule has 8 nitrogen and oxygen atoms in total. The van der Waals surface area contributed by atoms with Gasteiger partial charge in [0.2, 0.25) is 10.0 Å². The number of sulfonamides is 1. The van der Waals surface area contributed by atoms with Crippen LogP contribution in [0.4, 0.5) is 11.4 Å². The number of aromatic nitrogens is 3. The van der Waals surface area contributed by atoms with Crippen molar-refractivity contribution in [2.75, 3.05) is 15.9 Å². The Hall–Kier alpha value is -3.76. The van der Waals surface area contributed by atoms with Gasteiger partial charge in [0.1, 0.15) is 6.04 Å². The van der Waals surface area contributed by atoms with E-state index in [-0.39, 0.29) is 12.1 Å². The van der Waals surface area contributed by atoms with E-state index in [0.717, 1.165) is 28.9 Å². The van der Waals surface area contributed by atoms with E-state index in [1.165, 1.54) is 0 Å². The molecule has 2 atom stereocenters. The van der Waals surface area contributed by atoms with Gasteiger partial charge in [-0.15, -0.1) is 0 Å². The van der Waals surface area contributed by atoms with Crippen LogP contribution in [0.3, 0.4) is 0 Å². The molecular weight excluding hydrogens is 480 g/mol. The quantitative estimate of drug-likeness (QED) is 0.369. The van der Waals surface area contributed by atoms with Crippen LogP contribution in [0, 0.1) is 0 Å². The maximum atomic E-state index is 11.6. The molecule has 4 aromatic rings. The van der Waals surface area contributed by atoms with Crippen molar-refractivity contribution in [3.63, 3.8) is 0 Å². The summed E-state index contributed by atoms with van der Waals surface area (Å²) < 4.78 is 27.9. The number of nitrogens with one attached hydrogen (secondary N) is 2. The Bertz CT molecular complexity index is 1420. The Balaban J connectivity index is 1.55. The first-order chi connectivity index (χ1) is 16.9. The molecule has 4 heterocycles. The molecule has 1 aliphatic rings. The van der Waals surface area contributed by atoms with Crippen LogP contribution in [0.25, 0.3) is 0 Å². The summed E-state index contributed by atoms with van der Waals surface area (Å²) >= 11 is 5.80. The van der Waals surface area contributed by atoms with Crippen molar-refractivity contribution in [1.82, 2.24) is 19.9 Å². The van der Waals surface area contributed by atoms with E-state index in [9.17, 15) is 8.42 Å². The molecule has 0 saturated carbocycles. The summed E-state index contributed by atoms with van der Waals surface area (Å²) in [5.41, 5.74) is 4.38. The van der Waals surface area contributed by atoms with Crippen LogP contribution < -0.4 is 14.9 Å². The summed E-state index contributed by atoms with van der Waals surface area (Å²) in [4.78, 5) is 10.9. The van der Waals surface area contributed by atoms with Gasteiger partial charge in [0.25, 0.3) is 0 Å². The fourth-order valence-electron chi connectivity index (χ4n) is 4.37. The number of benzene rings is 1. The highest BCUT2D eigenvalue weighted by Gasteiger charge is 2.42. The minimum Gasteiger partial charge on any atom is -0.351 e. The molecule has 1 aromatic carbocycles. The number of anilines is 2. The van der Waals surface area contributed by atoms with Gasteiger partial charge >= 0.3 is 0 Å². The Morgan fingerprint density at radius 1 is 1.03 bits per heavy atom. The summed E-state index contributed by atoms with van der Waals surface area (Å²) in [5.74, 6) is 0. The van der Waals surface area contributed by atoms with Gasteiger partial charge in [-0.25, -0.2) is 8.42 Å². The van der Waals surface area contributed by atoms with Crippen molar-refractivity contribution < 1.29 is 8.42 Å². The van der Waals surface area contributed by atoms with Crippen LogP contribution in [0.5, 0.6) is 0 Å². The van der Waals surface area contributed by atoms with Crippen LogP contribution in [0.1, 0.15) is 29.0 Å². The van der Waals surface area contributed by atoms with Gasteiger partial charge in [-0.1, -0.05) is 12.1 Å². The normalized spacial score (nSPS) is 17.9. The van der Waals surface area contributed by atoms with E-state index >= 15 is 0 Å². The van der Waals surface area contributed by atoms with Gasteiger partial charge in [-0.3, -0.25) is 14.7 Å². The molecule has 1 saturated heterocycles. The van der Waals surface area contributed by atoms with Gasteiger partial charge in [-0.05, 0) is 72.4 Å². The average molecular weight is 505 g/mol. The molecule has 35 heavy (non-hydrogen) atoms. The first-order valence-electron chi connectivity index (χ1n) is 11.0. The lowest BCUT2D eigenvalue weighted by Gasteiger charge is -2.29. The highest BCUT2D eigenvalue weighted by Crippen LogP contribution is 2.42. The highest BCUT2D eigenvalue weighted by atomic mass is 32.2. The third kappa shape index (κ3) is 5.03. The molecule has 0 unspecified atom stereocenters. The van der Waals surface area contributed by atoms with Gasteiger partial charge in [-0.2, -0.15) is 0 Å². The molecule has 0 bridgehead atoms. The first-order valence-corrected chi connectivity index (χ1v) is 13.3. The van der Waals surface area contributed by atoms with E-state index in [1.807, 2.05) is 48.7 Å². The van der Waals surface area contributed by atoms with Crippen LogP contribution in [-0.4, -0.2) is 34.3 Å². The SMILES string of the molecule is CS(=O)(=O)Nc1ccc(N2C(=S)N[C@@H](c3ccccn3)[C@@H]2c2cccn2Cc2cccnc2)cc1. The minimum atomic E-state index is -3.36. The zero-order valence-corrected chi connectivity index (χ0v) is 20.6. The molecule has 3 aromatic heterocycles. The molecule has 0 aliphatic carbocycles. The lowest BCUT2D eigenvalue weighted by atomic mass is 10.0. The monoisotopic (exact) mass is 504 g/mol. The average Bonchev–Trinajstić information content (AvgIpc) is 3.43. The Morgan fingerprint density at radius 2 is 1.86 bits per heavy atom. The van der Waals surface area contributed by atoms with Gasteiger partial charge in [0.15, 0.2) is 5.11 Å². The molecule has 0 amide bonds. The zero-order chi connectivity index (χ0) is 24.4. The standard InChI is InChI=1S/C25H24N6O2S2/c1-35(32,33)29-19-9-11-20(12-10-19)31-24(23(28-25(31)34)21-7-2-3-14-27-21)22-8-5-15-30(22)17-18-6-4-13-26-16-18/h2-16,23-24,29H,17H2,1H3,(H,28,34)/t23-,24-/m0/s1. The Morgan fingerprint density at radius 3 is 2.54 bits per heavy atom. The summed E-state index contributed by atoms with van der Waals surface area (Å²) in [6.07, 6.45) is 8.59. The fraction of sp³-hybridized carbons (Fsp3) is 0.160. The van der Waals surface area contributed by atoms with E-state index in [2.05, 4.69) is 47.8 Å². The lowest BCUT2D eigenvalue weighted by Crippen LogP contribution is -2.30. The van der Waals surface area contributed by atoms with Crippen LogP contribution in [-0.2, 0) is 16.6 Å². The second-order valence-corrected chi connectivity index (χ2v) is 10.5. The molecule has 178 valence electrons. The third-order valence-corrected chi connectivity index (χ3v) is 6.71. The fourth-order valence-corrected chi connectivity index (χ4v) is 5.28. The van der Waals surface area contributed by atoms with E-state index in [0.29, 0.717) is 17.3 Å². The van der Waals surface area contributed by atoms with Crippen molar-refractivity contribution >= 4 is 38.7 Å². The van der Waals surface area contributed by atoms with Crippen LogP contribution in [0.15, 0.2) is 91.5 Å². The molecular formula is C25H24N6O2S2. The summed E-state index contributed by atoms with van der Waals surface area (Å²) in [5, 5.41) is 4.03. The van der Waals surface area contributed by atoms with Gasteiger partial charge in [0, 0.05) is 48.4 Å². The third-order valence-electron chi connectivity index (χ3n) is 5.79. The van der Waals surface area contributed by atoms with Crippen molar-refractivity contribution in [2.24, 2.45) is 0 Å². The van der Waals surface area contributed by atoms with Crippen LogP contribution >= 0.6 is 12.2 Å². The highest BCUT2D eigenvalue weighted by molar-refractivity contribution is 7.92. The second-order valence-electron chi connectivity index (χ2n) is 8.34. The number of pyridine rings is 2. The van der Waals surface area contributed by atoms with Gasteiger partial charge in [0.05, 0.1) is 18.0 Å². The minimum absolute atomic E-state index is 0.180. The number of hydrogen-bond donors (Lipinski definition) is 2. The Labute approximate surface area is 209 Å². The number of thiocarbonyl (C=S) groups is 1. The number of hydrogen-bond acceptors (Lipinski definition) is 5. The molecule has 1 aliphatic heterocycles. The Kier molecular flexibility index (Phi) is 6.23. The number of rotatable bonds is 7. The van der Waals surface area contributed by atoms with E-state index in [1.54, 1.807) is 24.5 Å². The van der Waals surface area contributed by atoms with Gasteiger partial charge < -0.3 is 14.8 Å². The molecule has 1 fully saturated rings. The van der Waals surface area contributed by atoms with Crippen molar-refractivity contribution in [2.45, 2.75) is 18.6 Å². The largest absolute Gasteiger partial charge is 0.351 e. The number of nitrogens with zero attached hydrogens (tertiary/aromatic N) is 4. The van der Waals surface area contributed by atoms with E-state index in [4.69, 9.17) is 12.2 Å².